The summed E-state index contributed by atoms with van der Waals surface area (Å²) in [5.41, 5.74) is 5.29. The fourth-order valence-corrected chi connectivity index (χ4v) is 1.33. The Morgan fingerprint density at radius 1 is 1.09 bits per heavy atom. The first-order chi connectivity index (χ1) is 5.27. The van der Waals surface area contributed by atoms with Crippen LogP contribution in [0.3, 0.4) is 0 Å². The van der Waals surface area contributed by atoms with Crippen molar-refractivity contribution in [2.75, 3.05) is 12.3 Å². The largest absolute Gasteiger partial charge is 0.772 e. The Morgan fingerprint density at radius 2 is 1.64 bits per heavy atom. The van der Waals surface area contributed by atoms with E-state index in [1.54, 1.807) is 0 Å². The van der Waals surface area contributed by atoms with Crippen molar-refractivity contribution in [1.82, 2.24) is 0 Å². The SMILES string of the molecule is NCCCCCCCS(=O)[O-]. The average molecular weight is 178 g/mol. The molecule has 0 saturated heterocycles. The van der Waals surface area contributed by atoms with Crippen molar-refractivity contribution in [2.24, 2.45) is 5.73 Å². The van der Waals surface area contributed by atoms with E-state index in [4.69, 9.17) is 5.73 Å². The van der Waals surface area contributed by atoms with E-state index in [1.165, 1.54) is 0 Å². The smallest absolute Gasteiger partial charge is 0.0102 e. The lowest BCUT2D eigenvalue weighted by molar-refractivity contribution is 0.531. The minimum absolute atomic E-state index is 0.308. The summed E-state index contributed by atoms with van der Waals surface area (Å²) in [6, 6.07) is 0. The molecule has 1 unspecified atom stereocenters. The van der Waals surface area contributed by atoms with Crippen LogP contribution in [0.2, 0.25) is 0 Å². The Balaban J connectivity index is 2.85. The van der Waals surface area contributed by atoms with Gasteiger partial charge in [0.05, 0.1) is 0 Å². The quantitative estimate of drug-likeness (QED) is 0.462. The van der Waals surface area contributed by atoms with Crippen LogP contribution in [0.1, 0.15) is 32.1 Å². The van der Waals surface area contributed by atoms with Gasteiger partial charge in [-0.15, -0.1) is 0 Å². The van der Waals surface area contributed by atoms with Gasteiger partial charge in [-0.25, -0.2) is 0 Å². The molecule has 4 heteroatoms. The molecule has 2 N–H and O–H groups in total. The Bertz CT molecular complexity index is 109. The number of unbranched alkanes of at least 4 members (excludes halogenated alkanes) is 4. The van der Waals surface area contributed by atoms with E-state index in [1.807, 2.05) is 0 Å². The van der Waals surface area contributed by atoms with Crippen molar-refractivity contribution >= 4 is 11.1 Å². The molecule has 0 fully saturated rings. The third-order valence-corrected chi connectivity index (χ3v) is 2.14. The minimum atomic E-state index is -1.85. The van der Waals surface area contributed by atoms with Crippen molar-refractivity contribution < 1.29 is 8.76 Å². The molecule has 1 atom stereocenters. The third kappa shape index (κ3) is 10.1. The summed E-state index contributed by atoms with van der Waals surface area (Å²) in [4.78, 5) is 0. The molecule has 0 spiro atoms. The molecule has 11 heavy (non-hydrogen) atoms. The molecule has 0 rings (SSSR count). The second kappa shape index (κ2) is 8.17. The van der Waals surface area contributed by atoms with Gasteiger partial charge in [-0.2, -0.15) is 0 Å². The molecule has 0 radical (unpaired) electrons. The highest BCUT2D eigenvalue weighted by atomic mass is 32.2. The van der Waals surface area contributed by atoms with Crippen molar-refractivity contribution in [3.63, 3.8) is 0 Å². The molecule has 0 saturated carbocycles. The van der Waals surface area contributed by atoms with Crippen molar-refractivity contribution in [3.05, 3.63) is 0 Å². The van der Waals surface area contributed by atoms with Crippen LogP contribution < -0.4 is 5.73 Å². The Morgan fingerprint density at radius 3 is 2.18 bits per heavy atom. The summed E-state index contributed by atoms with van der Waals surface area (Å²) < 4.78 is 20.1. The maximum absolute atomic E-state index is 10.1. The van der Waals surface area contributed by atoms with Crippen LogP contribution in [0, 0.1) is 0 Å². The first-order valence-corrected chi connectivity index (χ1v) is 5.27. The molecular formula is C7H16NO2S-. The first-order valence-electron chi connectivity index (χ1n) is 4.03. The molecule has 0 aromatic rings. The van der Waals surface area contributed by atoms with Gasteiger partial charge < -0.3 is 10.3 Å². The van der Waals surface area contributed by atoms with Gasteiger partial charge in [0.25, 0.3) is 0 Å². The molecule has 0 aliphatic heterocycles. The highest BCUT2D eigenvalue weighted by Gasteiger charge is 1.89. The first kappa shape index (κ1) is 11.1. The fourth-order valence-electron chi connectivity index (χ4n) is 0.895. The second-order valence-corrected chi connectivity index (χ2v) is 3.58. The van der Waals surface area contributed by atoms with E-state index in [9.17, 15) is 8.76 Å². The Kier molecular flexibility index (Phi) is 8.22. The maximum atomic E-state index is 10.1. The number of nitrogens with two attached hydrogens (primary N) is 1. The van der Waals surface area contributed by atoms with Crippen LogP contribution in [0.15, 0.2) is 0 Å². The molecule has 0 bridgehead atoms. The van der Waals surface area contributed by atoms with Crippen molar-refractivity contribution in [2.45, 2.75) is 32.1 Å². The van der Waals surface area contributed by atoms with Gasteiger partial charge in [-0.1, -0.05) is 30.3 Å². The lowest BCUT2D eigenvalue weighted by Crippen LogP contribution is -1.98. The van der Waals surface area contributed by atoms with Gasteiger partial charge in [-0.3, -0.25) is 4.21 Å². The Hall–Kier alpha value is 0.0700. The molecule has 3 nitrogen and oxygen atoms in total. The van der Waals surface area contributed by atoms with Crippen molar-refractivity contribution in [1.29, 1.82) is 0 Å². The molecule has 0 amide bonds. The van der Waals surface area contributed by atoms with Crippen LogP contribution in [-0.2, 0) is 11.1 Å². The molecule has 0 aromatic heterocycles. The van der Waals surface area contributed by atoms with Crippen LogP contribution >= 0.6 is 0 Å². The second-order valence-electron chi connectivity index (χ2n) is 2.56. The van der Waals surface area contributed by atoms with Crippen LogP contribution in [0.5, 0.6) is 0 Å². The normalized spacial score (nSPS) is 13.3. The summed E-state index contributed by atoms with van der Waals surface area (Å²) in [5, 5.41) is 0. The van der Waals surface area contributed by atoms with Gasteiger partial charge >= 0.3 is 0 Å². The zero-order valence-corrected chi connectivity index (χ0v) is 7.57. The predicted molar refractivity (Wildman–Crippen MR) is 45.9 cm³/mol. The average Bonchev–Trinajstić information content (AvgIpc) is 1.96. The standard InChI is InChI=1S/C7H17NO2S/c8-6-4-2-1-3-5-7-11(9)10/h1-8H2,(H,9,10)/p-1. The van der Waals surface area contributed by atoms with E-state index in [-0.39, 0.29) is 0 Å². The molecule has 0 aliphatic rings. The van der Waals surface area contributed by atoms with Gasteiger partial charge in [0.2, 0.25) is 0 Å². The molecule has 68 valence electrons. The molecule has 0 aromatic carbocycles. The van der Waals surface area contributed by atoms with E-state index in [0.29, 0.717) is 5.75 Å². The fraction of sp³-hybridized carbons (Fsp3) is 1.00. The van der Waals surface area contributed by atoms with E-state index >= 15 is 0 Å². The predicted octanol–water partition coefficient (Wildman–Crippen LogP) is 0.775. The summed E-state index contributed by atoms with van der Waals surface area (Å²) in [6.07, 6.45) is 5.09. The maximum Gasteiger partial charge on any atom is 0.0102 e. The zero-order chi connectivity index (χ0) is 8.53. The van der Waals surface area contributed by atoms with Gasteiger partial charge in [0.1, 0.15) is 0 Å². The number of hydrogen-bond donors (Lipinski definition) is 1. The summed E-state index contributed by atoms with van der Waals surface area (Å²) in [5.74, 6) is 0.308. The van der Waals surface area contributed by atoms with E-state index in [2.05, 4.69) is 0 Å². The Labute approximate surface area is 70.6 Å². The van der Waals surface area contributed by atoms with E-state index < -0.39 is 11.1 Å². The summed E-state index contributed by atoms with van der Waals surface area (Å²) >= 11 is -1.85. The van der Waals surface area contributed by atoms with Crippen LogP contribution in [0.25, 0.3) is 0 Å². The monoisotopic (exact) mass is 178 g/mol. The van der Waals surface area contributed by atoms with Crippen LogP contribution in [0.4, 0.5) is 0 Å². The molecular weight excluding hydrogens is 162 g/mol. The summed E-state index contributed by atoms with van der Waals surface area (Å²) in [6.45, 7) is 0.744. The van der Waals surface area contributed by atoms with E-state index in [0.717, 1.165) is 38.6 Å². The number of rotatable bonds is 7. The van der Waals surface area contributed by atoms with Gasteiger partial charge in [-0.05, 0) is 19.4 Å². The van der Waals surface area contributed by atoms with Gasteiger partial charge in [0, 0.05) is 5.75 Å². The topological polar surface area (TPSA) is 66.2 Å². The lowest BCUT2D eigenvalue weighted by Gasteiger charge is -2.03. The minimum Gasteiger partial charge on any atom is -0.772 e. The van der Waals surface area contributed by atoms with Crippen molar-refractivity contribution in [3.8, 4) is 0 Å². The van der Waals surface area contributed by atoms with Crippen LogP contribution in [-0.4, -0.2) is 21.1 Å². The zero-order valence-electron chi connectivity index (χ0n) is 6.75. The number of hydrogen-bond acceptors (Lipinski definition) is 3. The lowest BCUT2D eigenvalue weighted by atomic mass is 10.2. The molecule has 0 aliphatic carbocycles. The highest BCUT2D eigenvalue weighted by molar-refractivity contribution is 7.79. The third-order valence-electron chi connectivity index (χ3n) is 1.52. The summed E-state index contributed by atoms with van der Waals surface area (Å²) in [7, 11) is 0. The molecule has 0 heterocycles. The highest BCUT2D eigenvalue weighted by Crippen LogP contribution is 2.02. The van der Waals surface area contributed by atoms with Gasteiger partial charge in [0.15, 0.2) is 0 Å².